The fourth-order valence-electron chi connectivity index (χ4n) is 10.2. The van der Waals surface area contributed by atoms with Gasteiger partial charge in [0.2, 0.25) is 11.8 Å². The van der Waals surface area contributed by atoms with Crippen LogP contribution in [0.3, 0.4) is 0 Å². The van der Waals surface area contributed by atoms with Crippen LogP contribution in [0.5, 0.6) is 11.5 Å². The number of carbonyl (C=O) groups is 5. The smallest absolute Gasteiger partial charge is 0.266 e. The molecular weight excluding hydrogens is 947 g/mol. The van der Waals surface area contributed by atoms with Crippen LogP contribution >= 0.6 is 0 Å². The van der Waals surface area contributed by atoms with Crippen molar-refractivity contribution < 1.29 is 33.4 Å². The van der Waals surface area contributed by atoms with Crippen LogP contribution in [0.1, 0.15) is 105 Å². The summed E-state index contributed by atoms with van der Waals surface area (Å²) < 4.78 is 12.1. The topological polar surface area (TPSA) is 180 Å². The normalized spacial score (nSPS) is 16.8. The maximum absolute atomic E-state index is 13.7. The largest absolute Gasteiger partial charge is 0.493 e. The number of benzene rings is 4. The first-order valence-electron chi connectivity index (χ1n) is 26.1. The van der Waals surface area contributed by atoms with E-state index in [1.54, 1.807) is 24.4 Å². The van der Waals surface area contributed by atoms with E-state index in [0.717, 1.165) is 127 Å². The summed E-state index contributed by atoms with van der Waals surface area (Å²) in [6, 6.07) is 29.5. The molecule has 0 radical (unpaired) electrons. The summed E-state index contributed by atoms with van der Waals surface area (Å²) in [6.45, 7) is 7.70. The molecule has 10 rings (SSSR count). The molecule has 0 aliphatic carbocycles. The Morgan fingerprint density at radius 2 is 1.56 bits per heavy atom. The predicted octanol–water partition coefficient (Wildman–Crippen LogP) is 7.30. The summed E-state index contributed by atoms with van der Waals surface area (Å²) in [5.74, 6) is 6.99. The van der Waals surface area contributed by atoms with Gasteiger partial charge in [0.1, 0.15) is 30.0 Å². The first-order valence-corrected chi connectivity index (χ1v) is 26.1. The van der Waals surface area contributed by atoms with E-state index in [-0.39, 0.29) is 29.9 Å². The molecule has 2 fully saturated rings. The van der Waals surface area contributed by atoms with E-state index in [1.807, 2.05) is 84.7 Å². The highest BCUT2D eigenvalue weighted by Crippen LogP contribution is 2.34. The SMILES string of the molecule is CNc1nc(-c2cnc3ccccc3c2)nc2c1CCN(C(=O)c1ccc(COc3ccc(C#CCN4CCN(CCCCCCCCOc5cccc6c5C(=O)N(C5CCC(=O)NC5=O)C6=O)CC4)cc3)cc1)C2. The zero-order chi connectivity index (χ0) is 51.7. The molecule has 16 heteroatoms. The number of piperazine rings is 1. The van der Waals surface area contributed by atoms with E-state index in [0.29, 0.717) is 49.9 Å². The maximum Gasteiger partial charge on any atom is 0.266 e. The van der Waals surface area contributed by atoms with Gasteiger partial charge in [0.25, 0.3) is 17.7 Å². The third-order valence-corrected chi connectivity index (χ3v) is 14.5. The van der Waals surface area contributed by atoms with Gasteiger partial charge >= 0.3 is 0 Å². The zero-order valence-electron chi connectivity index (χ0n) is 42.3. The highest BCUT2D eigenvalue weighted by Gasteiger charge is 2.46. The molecule has 2 aromatic heterocycles. The second-order valence-electron chi connectivity index (χ2n) is 19.5. The lowest BCUT2D eigenvalue weighted by Crippen LogP contribution is -2.54. The van der Waals surface area contributed by atoms with Crippen LogP contribution < -0.4 is 20.1 Å². The van der Waals surface area contributed by atoms with Crippen LogP contribution in [0.4, 0.5) is 5.82 Å². The Labute approximate surface area is 436 Å². The van der Waals surface area contributed by atoms with Crippen LogP contribution in [0.15, 0.2) is 103 Å². The molecule has 2 N–H and O–H groups in total. The highest BCUT2D eigenvalue weighted by atomic mass is 16.5. The minimum absolute atomic E-state index is 0.0375. The quantitative estimate of drug-likeness (QED) is 0.0498. The Morgan fingerprint density at radius 3 is 2.36 bits per heavy atom. The molecule has 0 saturated carbocycles. The number of hydrogen-bond acceptors (Lipinski definition) is 13. The molecule has 5 amide bonds. The van der Waals surface area contributed by atoms with Gasteiger partial charge in [-0.15, -0.1) is 0 Å². The van der Waals surface area contributed by atoms with Gasteiger partial charge in [-0.25, -0.2) is 9.97 Å². The lowest BCUT2D eigenvalue weighted by molar-refractivity contribution is -0.136. The fourth-order valence-corrected chi connectivity index (χ4v) is 10.2. The Hall–Kier alpha value is -8.00. The van der Waals surface area contributed by atoms with Crippen molar-refractivity contribution in [3.8, 4) is 34.7 Å². The van der Waals surface area contributed by atoms with Crippen LogP contribution in [0.2, 0.25) is 0 Å². The Balaban J connectivity index is 0.589. The predicted molar refractivity (Wildman–Crippen MR) is 284 cm³/mol. The molecular formula is C59H61N9O7. The molecule has 0 bridgehead atoms. The van der Waals surface area contributed by atoms with Crippen LogP contribution in [-0.2, 0) is 29.2 Å². The van der Waals surface area contributed by atoms with E-state index < -0.39 is 29.7 Å². The number of amides is 5. The minimum atomic E-state index is -1.00. The number of nitrogens with one attached hydrogen (secondary N) is 2. The third-order valence-electron chi connectivity index (χ3n) is 14.5. The average molecular weight is 1010 g/mol. The Kier molecular flexibility index (Phi) is 15.8. The van der Waals surface area contributed by atoms with Crippen molar-refractivity contribution in [2.75, 3.05) is 64.8 Å². The second-order valence-corrected chi connectivity index (χ2v) is 19.5. The number of imide groups is 2. The van der Waals surface area contributed by atoms with Gasteiger partial charge in [-0.3, -0.25) is 44.1 Å². The number of fused-ring (bicyclic) bond motifs is 3. The molecule has 6 heterocycles. The first-order chi connectivity index (χ1) is 36.7. The first kappa shape index (κ1) is 50.5. The molecule has 16 nitrogen and oxygen atoms in total. The summed E-state index contributed by atoms with van der Waals surface area (Å²) in [5.41, 5.74) is 6.57. The minimum Gasteiger partial charge on any atom is -0.493 e. The van der Waals surface area contributed by atoms with Gasteiger partial charge in [-0.05, 0) is 98.5 Å². The van der Waals surface area contributed by atoms with Gasteiger partial charge in [-0.1, -0.05) is 73.9 Å². The number of ether oxygens (including phenoxy) is 2. The molecule has 1 unspecified atom stereocenters. The van der Waals surface area contributed by atoms with Crippen LogP contribution in [0.25, 0.3) is 22.3 Å². The number of pyridine rings is 1. The molecule has 4 aliphatic heterocycles. The number of unbranched alkanes of at least 4 members (excludes halogenated alkanes) is 5. The number of rotatable bonds is 18. The number of carbonyl (C=O) groups excluding carboxylic acids is 5. The molecule has 4 aliphatic rings. The van der Waals surface area contributed by atoms with Crippen molar-refractivity contribution in [2.24, 2.45) is 0 Å². The van der Waals surface area contributed by atoms with Crippen molar-refractivity contribution in [3.63, 3.8) is 0 Å². The Bertz CT molecular complexity index is 3160. The lowest BCUT2D eigenvalue weighted by atomic mass is 10.0. The number of piperidine rings is 1. The second kappa shape index (κ2) is 23.5. The summed E-state index contributed by atoms with van der Waals surface area (Å²) in [4.78, 5) is 86.3. The van der Waals surface area contributed by atoms with Crippen LogP contribution in [0, 0.1) is 11.8 Å². The van der Waals surface area contributed by atoms with E-state index in [4.69, 9.17) is 19.4 Å². The molecule has 2 saturated heterocycles. The highest BCUT2D eigenvalue weighted by molar-refractivity contribution is 6.24. The summed E-state index contributed by atoms with van der Waals surface area (Å²) in [6.07, 6.45) is 9.07. The van der Waals surface area contributed by atoms with E-state index in [9.17, 15) is 24.0 Å². The molecule has 4 aromatic carbocycles. The van der Waals surface area contributed by atoms with Gasteiger partial charge in [0, 0.05) is 80.0 Å². The number of hydrogen-bond donors (Lipinski definition) is 2. The number of aromatic nitrogens is 3. The van der Waals surface area contributed by atoms with Crippen molar-refractivity contribution in [2.45, 2.75) is 77.0 Å². The van der Waals surface area contributed by atoms with Crippen molar-refractivity contribution in [1.29, 1.82) is 0 Å². The third kappa shape index (κ3) is 11.9. The number of nitrogens with zero attached hydrogens (tertiary/aromatic N) is 7. The summed E-state index contributed by atoms with van der Waals surface area (Å²) in [7, 11) is 1.86. The standard InChI is InChI=1S/C59H61N9O7/c1-60-55-46-27-30-67(38-49(46)62-54(64-55)44-36-43-13-6-7-15-48(43)61-37-44)57(71)42-21-17-41(18-22-42)39-75-45-23-19-40(20-24-45)12-11-29-66-33-31-65(32-34-66)28-8-4-2-3-5-9-35-74-51-16-10-14-47-53(51)59(73)68(58(47)72)50-25-26-52(69)63-56(50)70/h6-7,10,13-24,36-37,50H,2-5,8-9,25-35,38-39H2,1H3,(H,60,62,64)(H,63,69,70). The molecule has 384 valence electrons. The zero-order valence-corrected chi connectivity index (χ0v) is 42.3. The summed E-state index contributed by atoms with van der Waals surface area (Å²) >= 11 is 0. The van der Waals surface area contributed by atoms with Gasteiger partial charge in [0.15, 0.2) is 5.82 Å². The fraction of sp³-hybridized carbons (Fsp3) is 0.356. The Morgan fingerprint density at radius 1 is 0.787 bits per heavy atom. The monoisotopic (exact) mass is 1010 g/mol. The van der Waals surface area contributed by atoms with Crippen LogP contribution in [-0.4, -0.2) is 130 Å². The molecule has 75 heavy (non-hydrogen) atoms. The molecule has 1 atom stereocenters. The van der Waals surface area contributed by atoms with Crippen molar-refractivity contribution >= 4 is 46.3 Å². The molecule has 6 aromatic rings. The molecule has 0 spiro atoms. The van der Waals surface area contributed by atoms with E-state index in [1.165, 1.54) is 6.42 Å². The number of para-hydroxylation sites is 1. The van der Waals surface area contributed by atoms with Gasteiger partial charge in [0.05, 0.1) is 42.0 Å². The maximum atomic E-state index is 13.7. The van der Waals surface area contributed by atoms with Gasteiger partial charge < -0.3 is 24.6 Å². The van der Waals surface area contributed by atoms with Crippen molar-refractivity contribution in [3.05, 3.63) is 142 Å². The average Bonchev–Trinajstić information content (AvgIpc) is 3.70. The van der Waals surface area contributed by atoms with Crippen molar-refractivity contribution in [1.82, 2.24) is 39.9 Å². The van der Waals surface area contributed by atoms with E-state index >= 15 is 0 Å². The van der Waals surface area contributed by atoms with Gasteiger partial charge in [-0.2, -0.15) is 0 Å². The summed E-state index contributed by atoms with van der Waals surface area (Å²) in [5, 5.41) is 6.49. The lowest BCUT2D eigenvalue weighted by Gasteiger charge is -2.33. The number of anilines is 1. The van der Waals surface area contributed by atoms with E-state index in [2.05, 4.69) is 43.3 Å².